The molecule has 1 aliphatic heterocycles. The quantitative estimate of drug-likeness (QED) is 0.674. The van der Waals surface area contributed by atoms with Gasteiger partial charge in [-0.05, 0) is 38.2 Å². The summed E-state index contributed by atoms with van der Waals surface area (Å²) in [6.45, 7) is 9.13. The number of ether oxygens (including phenoxy) is 1. The van der Waals surface area contributed by atoms with E-state index in [2.05, 4.69) is 24.1 Å². The van der Waals surface area contributed by atoms with E-state index in [1.165, 1.54) is 11.8 Å². The molecule has 2 rings (SSSR count). The van der Waals surface area contributed by atoms with E-state index in [1.54, 1.807) is 18.2 Å². The van der Waals surface area contributed by atoms with Crippen molar-refractivity contribution in [1.82, 2.24) is 10.2 Å². The zero-order valence-corrected chi connectivity index (χ0v) is 15.7. The molecule has 1 N–H and O–H groups in total. The second-order valence-electron chi connectivity index (χ2n) is 6.20. The Labute approximate surface area is 154 Å². The Bertz CT molecular complexity index is 671. The summed E-state index contributed by atoms with van der Waals surface area (Å²) < 4.78 is 5.41. The summed E-state index contributed by atoms with van der Waals surface area (Å²) in [7, 11) is 0. The van der Waals surface area contributed by atoms with Crippen molar-refractivity contribution in [3.8, 4) is 5.75 Å². The molecular weight excluding hydrogens is 334 g/mol. The Kier molecular flexibility index (Phi) is 7.15. The minimum absolute atomic E-state index is 0.0595. The number of carbonyl (C=O) groups excluding carboxylic acids is 3. The highest BCUT2D eigenvalue weighted by molar-refractivity contribution is 6.01. The van der Waals surface area contributed by atoms with Crippen molar-refractivity contribution in [2.24, 2.45) is 0 Å². The highest BCUT2D eigenvalue weighted by atomic mass is 16.5. The number of benzene rings is 1. The van der Waals surface area contributed by atoms with Crippen molar-refractivity contribution < 1.29 is 19.1 Å². The van der Waals surface area contributed by atoms with Crippen LogP contribution in [0.25, 0.3) is 0 Å². The van der Waals surface area contributed by atoms with Gasteiger partial charge in [-0.1, -0.05) is 13.8 Å². The van der Waals surface area contributed by atoms with E-state index in [0.717, 1.165) is 19.6 Å². The first kappa shape index (κ1) is 19.9. The fraction of sp³-hybridized carbons (Fsp3) is 0.526. The number of Topliss-reactive ketones (excluding diaryl/α,β-unsaturated/α-hetero) is 1. The molecule has 0 unspecified atom stereocenters. The van der Waals surface area contributed by atoms with Crippen LogP contribution < -0.4 is 15.0 Å². The lowest BCUT2D eigenvalue weighted by Gasteiger charge is -2.29. The van der Waals surface area contributed by atoms with Gasteiger partial charge in [0.2, 0.25) is 5.91 Å². The van der Waals surface area contributed by atoms with Crippen LogP contribution in [-0.2, 0) is 9.59 Å². The first-order valence-electron chi connectivity index (χ1n) is 9.03. The second kappa shape index (κ2) is 9.33. The zero-order chi connectivity index (χ0) is 19.1. The topological polar surface area (TPSA) is 79.0 Å². The van der Waals surface area contributed by atoms with Crippen molar-refractivity contribution in [2.45, 2.75) is 27.2 Å². The number of ketones is 1. The van der Waals surface area contributed by atoms with Crippen LogP contribution >= 0.6 is 0 Å². The monoisotopic (exact) mass is 361 g/mol. The van der Waals surface area contributed by atoms with Crippen LogP contribution in [-0.4, -0.2) is 61.8 Å². The van der Waals surface area contributed by atoms with E-state index in [9.17, 15) is 14.4 Å². The van der Waals surface area contributed by atoms with E-state index in [1.807, 2.05) is 0 Å². The molecule has 0 atom stereocenters. The number of hydrogen-bond donors (Lipinski definition) is 1. The van der Waals surface area contributed by atoms with E-state index in [0.29, 0.717) is 23.5 Å². The molecule has 7 heteroatoms. The zero-order valence-electron chi connectivity index (χ0n) is 15.7. The number of anilines is 1. The maximum atomic E-state index is 12.2. The fourth-order valence-corrected chi connectivity index (χ4v) is 2.86. The number of rotatable bonds is 9. The maximum Gasteiger partial charge on any atom is 0.265 e. The third-order valence-corrected chi connectivity index (χ3v) is 4.52. The van der Waals surface area contributed by atoms with Gasteiger partial charge in [-0.3, -0.25) is 14.4 Å². The van der Waals surface area contributed by atoms with Gasteiger partial charge in [-0.25, -0.2) is 0 Å². The van der Waals surface area contributed by atoms with Gasteiger partial charge in [0.25, 0.3) is 5.91 Å². The molecular formula is C19H27N3O4. The molecule has 0 saturated carbocycles. The van der Waals surface area contributed by atoms with Crippen LogP contribution in [0, 0.1) is 0 Å². The van der Waals surface area contributed by atoms with Crippen LogP contribution in [0.1, 0.15) is 37.6 Å². The SMILES string of the molecule is CCN(CC)CCNC(=O)CCN1C(=O)COc2ccc(C(C)=O)cc21. The number of fused-ring (bicyclic) bond motifs is 1. The molecule has 0 fully saturated rings. The van der Waals surface area contributed by atoms with Gasteiger partial charge in [0, 0.05) is 31.6 Å². The first-order chi connectivity index (χ1) is 12.5. The van der Waals surface area contributed by atoms with Crippen molar-refractivity contribution >= 4 is 23.3 Å². The van der Waals surface area contributed by atoms with Crippen LogP contribution in [0.3, 0.4) is 0 Å². The van der Waals surface area contributed by atoms with Crippen LogP contribution in [0.4, 0.5) is 5.69 Å². The predicted octanol–water partition coefficient (Wildman–Crippen LogP) is 1.46. The molecule has 0 aromatic heterocycles. The summed E-state index contributed by atoms with van der Waals surface area (Å²) >= 11 is 0. The second-order valence-corrected chi connectivity index (χ2v) is 6.20. The van der Waals surface area contributed by atoms with Crippen LogP contribution in [0.15, 0.2) is 18.2 Å². The Morgan fingerprint density at radius 1 is 1.27 bits per heavy atom. The number of nitrogens with one attached hydrogen (secondary N) is 1. The van der Waals surface area contributed by atoms with Crippen LogP contribution in [0.2, 0.25) is 0 Å². The van der Waals surface area contributed by atoms with Crippen molar-refractivity contribution in [1.29, 1.82) is 0 Å². The lowest BCUT2D eigenvalue weighted by molar-refractivity contribution is -0.122. The summed E-state index contributed by atoms with van der Waals surface area (Å²) in [6, 6.07) is 5.01. The van der Waals surface area contributed by atoms with Gasteiger partial charge in [0.05, 0.1) is 5.69 Å². The number of amides is 2. The Morgan fingerprint density at radius 3 is 2.65 bits per heavy atom. The number of likely N-dealkylation sites (N-methyl/N-ethyl adjacent to an activating group) is 1. The highest BCUT2D eigenvalue weighted by Gasteiger charge is 2.26. The minimum atomic E-state index is -0.214. The molecule has 2 amide bonds. The average molecular weight is 361 g/mol. The summed E-state index contributed by atoms with van der Waals surface area (Å²) in [5, 5.41) is 2.89. The van der Waals surface area contributed by atoms with Crippen molar-refractivity contribution in [2.75, 3.05) is 44.2 Å². The molecule has 1 heterocycles. The number of nitrogens with zero attached hydrogens (tertiary/aromatic N) is 2. The van der Waals surface area contributed by atoms with E-state index in [4.69, 9.17) is 4.74 Å². The molecule has 1 aliphatic rings. The third-order valence-electron chi connectivity index (χ3n) is 4.52. The molecule has 1 aromatic carbocycles. The third kappa shape index (κ3) is 5.05. The van der Waals surface area contributed by atoms with E-state index >= 15 is 0 Å². The van der Waals surface area contributed by atoms with E-state index < -0.39 is 0 Å². The predicted molar refractivity (Wildman–Crippen MR) is 99.7 cm³/mol. The maximum absolute atomic E-state index is 12.2. The average Bonchev–Trinajstić information content (AvgIpc) is 2.64. The Hall–Kier alpha value is -2.41. The van der Waals surface area contributed by atoms with Gasteiger partial charge in [0.1, 0.15) is 5.75 Å². The minimum Gasteiger partial charge on any atom is -0.482 e. The summed E-state index contributed by atoms with van der Waals surface area (Å²) in [6.07, 6.45) is 0.202. The van der Waals surface area contributed by atoms with Gasteiger partial charge < -0.3 is 19.9 Å². The lowest BCUT2D eigenvalue weighted by Crippen LogP contribution is -2.42. The molecule has 0 bridgehead atoms. The smallest absolute Gasteiger partial charge is 0.265 e. The molecule has 0 spiro atoms. The molecule has 0 aliphatic carbocycles. The molecule has 142 valence electrons. The fourth-order valence-electron chi connectivity index (χ4n) is 2.86. The standard InChI is InChI=1S/C19H27N3O4/c1-4-21(5-2)11-9-20-18(24)8-10-22-16-12-15(14(3)23)6-7-17(16)26-13-19(22)25/h6-7,12H,4-5,8-11,13H2,1-3H3,(H,20,24). The van der Waals surface area contributed by atoms with E-state index in [-0.39, 0.29) is 37.2 Å². The van der Waals surface area contributed by atoms with Crippen molar-refractivity contribution in [3.63, 3.8) is 0 Å². The normalized spacial score (nSPS) is 13.4. The first-order valence-corrected chi connectivity index (χ1v) is 9.03. The lowest BCUT2D eigenvalue weighted by atomic mass is 10.1. The number of carbonyl (C=O) groups is 3. The van der Waals surface area contributed by atoms with Crippen LogP contribution in [0.5, 0.6) is 5.75 Å². The Balaban J connectivity index is 1.95. The van der Waals surface area contributed by atoms with Gasteiger partial charge in [-0.2, -0.15) is 0 Å². The molecule has 7 nitrogen and oxygen atoms in total. The largest absolute Gasteiger partial charge is 0.482 e. The van der Waals surface area contributed by atoms with Crippen molar-refractivity contribution in [3.05, 3.63) is 23.8 Å². The Morgan fingerprint density at radius 2 is 2.00 bits per heavy atom. The summed E-state index contributed by atoms with van der Waals surface area (Å²) in [4.78, 5) is 39.6. The van der Waals surface area contributed by atoms with Gasteiger partial charge >= 0.3 is 0 Å². The summed E-state index contributed by atoms with van der Waals surface area (Å²) in [5.74, 6) is 0.159. The highest BCUT2D eigenvalue weighted by Crippen LogP contribution is 2.33. The molecule has 26 heavy (non-hydrogen) atoms. The summed E-state index contributed by atoms with van der Waals surface area (Å²) in [5.41, 5.74) is 1.06. The molecule has 1 aromatic rings. The molecule has 0 radical (unpaired) electrons. The molecule has 0 saturated heterocycles. The van der Waals surface area contributed by atoms with Gasteiger partial charge in [0.15, 0.2) is 12.4 Å². The number of hydrogen-bond acceptors (Lipinski definition) is 5. The van der Waals surface area contributed by atoms with Gasteiger partial charge in [-0.15, -0.1) is 0 Å².